The predicted molar refractivity (Wildman–Crippen MR) is 104 cm³/mol. The number of hydrogen-bond acceptors (Lipinski definition) is 5. The van der Waals surface area contributed by atoms with Crippen LogP contribution in [0.3, 0.4) is 0 Å². The van der Waals surface area contributed by atoms with Gasteiger partial charge in [0.05, 0.1) is 12.3 Å². The van der Waals surface area contributed by atoms with Crippen molar-refractivity contribution in [1.82, 2.24) is 5.43 Å². The van der Waals surface area contributed by atoms with Crippen LogP contribution < -0.4 is 19.6 Å². The van der Waals surface area contributed by atoms with Crippen molar-refractivity contribution in [2.75, 3.05) is 13.4 Å². The summed E-state index contributed by atoms with van der Waals surface area (Å²) >= 11 is 5.92. The van der Waals surface area contributed by atoms with Crippen LogP contribution in [0.5, 0.6) is 17.2 Å². The topological polar surface area (TPSA) is 69.2 Å². The van der Waals surface area contributed by atoms with Crippen molar-refractivity contribution in [2.45, 2.75) is 26.7 Å². The van der Waals surface area contributed by atoms with Crippen molar-refractivity contribution in [3.8, 4) is 17.2 Å². The second kappa shape index (κ2) is 8.77. The summed E-state index contributed by atoms with van der Waals surface area (Å²) in [5.74, 6) is 2.01. The third kappa shape index (κ3) is 5.14. The molecule has 2 aromatic carbocycles. The van der Waals surface area contributed by atoms with Gasteiger partial charge in [0.1, 0.15) is 5.75 Å². The van der Waals surface area contributed by atoms with Crippen LogP contribution in [-0.4, -0.2) is 25.0 Å². The van der Waals surface area contributed by atoms with E-state index < -0.39 is 0 Å². The van der Waals surface area contributed by atoms with Gasteiger partial charge in [0.2, 0.25) is 12.7 Å². The maximum absolute atomic E-state index is 12.0. The Kier molecular flexibility index (Phi) is 6.19. The Labute approximate surface area is 163 Å². The molecule has 2 aromatic rings. The molecule has 0 atom stereocenters. The van der Waals surface area contributed by atoms with E-state index in [2.05, 4.69) is 10.5 Å². The number of nitrogens with zero attached hydrogens (tertiary/aromatic N) is 1. The van der Waals surface area contributed by atoms with Crippen LogP contribution in [0.2, 0.25) is 5.02 Å². The molecule has 0 spiro atoms. The summed E-state index contributed by atoms with van der Waals surface area (Å²) in [5.41, 5.74) is 5.09. The molecule has 0 aromatic heterocycles. The van der Waals surface area contributed by atoms with Crippen LogP contribution in [0, 0.1) is 6.92 Å². The van der Waals surface area contributed by atoms with Crippen molar-refractivity contribution in [3.05, 3.63) is 52.5 Å². The number of benzene rings is 2. The SMILES string of the molecule is CC(=NNC(=O)CCCOc1ccc(Cl)cc1C)c1ccc2c(c1)OCO2. The maximum Gasteiger partial charge on any atom is 0.240 e. The average molecular weight is 389 g/mol. The quantitative estimate of drug-likeness (QED) is 0.441. The molecular formula is C20H21ClN2O4. The fourth-order valence-electron chi connectivity index (χ4n) is 2.58. The minimum atomic E-state index is -0.161. The summed E-state index contributed by atoms with van der Waals surface area (Å²) < 4.78 is 16.3. The van der Waals surface area contributed by atoms with Crippen LogP contribution in [0.25, 0.3) is 0 Å². The fraction of sp³-hybridized carbons (Fsp3) is 0.300. The van der Waals surface area contributed by atoms with Crippen molar-refractivity contribution in [2.24, 2.45) is 5.10 Å². The summed E-state index contributed by atoms with van der Waals surface area (Å²) in [4.78, 5) is 12.0. The molecule has 27 heavy (non-hydrogen) atoms. The van der Waals surface area contributed by atoms with Crippen LogP contribution >= 0.6 is 11.6 Å². The van der Waals surface area contributed by atoms with Crippen molar-refractivity contribution in [3.63, 3.8) is 0 Å². The highest BCUT2D eigenvalue weighted by atomic mass is 35.5. The van der Waals surface area contributed by atoms with Crippen LogP contribution in [-0.2, 0) is 4.79 Å². The van der Waals surface area contributed by atoms with Gasteiger partial charge in [0, 0.05) is 17.0 Å². The van der Waals surface area contributed by atoms with E-state index in [4.69, 9.17) is 25.8 Å². The largest absolute Gasteiger partial charge is 0.493 e. The van der Waals surface area contributed by atoms with Gasteiger partial charge in [-0.3, -0.25) is 4.79 Å². The predicted octanol–water partition coefficient (Wildman–Crippen LogP) is 4.08. The van der Waals surface area contributed by atoms with Crippen molar-refractivity contribution >= 4 is 23.2 Å². The number of ether oxygens (including phenoxy) is 3. The highest BCUT2D eigenvalue weighted by Gasteiger charge is 2.14. The van der Waals surface area contributed by atoms with E-state index in [-0.39, 0.29) is 12.7 Å². The molecule has 0 aliphatic carbocycles. The number of hydrogen-bond donors (Lipinski definition) is 1. The van der Waals surface area contributed by atoms with Crippen LogP contribution in [0.4, 0.5) is 0 Å². The second-order valence-corrected chi connectivity index (χ2v) is 6.60. The molecule has 0 unspecified atom stereocenters. The van der Waals surface area contributed by atoms with E-state index in [9.17, 15) is 4.79 Å². The van der Waals surface area contributed by atoms with E-state index in [1.165, 1.54) is 0 Å². The van der Waals surface area contributed by atoms with Crippen LogP contribution in [0.1, 0.15) is 30.9 Å². The van der Waals surface area contributed by atoms with E-state index in [0.717, 1.165) is 16.9 Å². The lowest BCUT2D eigenvalue weighted by Gasteiger charge is -2.09. The van der Waals surface area contributed by atoms with E-state index in [1.807, 2.05) is 44.2 Å². The van der Waals surface area contributed by atoms with Gasteiger partial charge in [-0.05, 0) is 62.2 Å². The zero-order valence-electron chi connectivity index (χ0n) is 15.3. The highest BCUT2D eigenvalue weighted by Crippen LogP contribution is 2.32. The van der Waals surface area contributed by atoms with Crippen LogP contribution in [0.15, 0.2) is 41.5 Å². The number of halogens is 1. The van der Waals surface area contributed by atoms with E-state index in [0.29, 0.717) is 41.7 Å². The van der Waals surface area contributed by atoms with Gasteiger partial charge >= 0.3 is 0 Å². The molecule has 1 amide bonds. The van der Waals surface area contributed by atoms with Gasteiger partial charge in [0.15, 0.2) is 11.5 Å². The van der Waals surface area contributed by atoms with Gasteiger partial charge in [-0.25, -0.2) is 5.43 Å². The first-order valence-corrected chi connectivity index (χ1v) is 9.03. The molecule has 0 saturated carbocycles. The smallest absolute Gasteiger partial charge is 0.240 e. The number of aryl methyl sites for hydroxylation is 1. The summed E-state index contributed by atoms with van der Waals surface area (Å²) in [6, 6.07) is 11.0. The van der Waals surface area contributed by atoms with Gasteiger partial charge in [-0.15, -0.1) is 0 Å². The molecule has 7 heteroatoms. The first-order valence-electron chi connectivity index (χ1n) is 8.65. The molecule has 1 N–H and O–H groups in total. The fourth-order valence-corrected chi connectivity index (χ4v) is 2.80. The van der Waals surface area contributed by atoms with Gasteiger partial charge in [-0.1, -0.05) is 11.6 Å². The molecule has 142 valence electrons. The molecule has 0 fully saturated rings. The van der Waals surface area contributed by atoms with Crippen molar-refractivity contribution in [1.29, 1.82) is 0 Å². The molecule has 0 bridgehead atoms. The molecular weight excluding hydrogens is 368 g/mol. The molecule has 6 nitrogen and oxygen atoms in total. The molecule has 0 radical (unpaired) electrons. The Morgan fingerprint density at radius 3 is 2.85 bits per heavy atom. The minimum Gasteiger partial charge on any atom is -0.493 e. The number of carbonyl (C=O) groups excluding carboxylic acids is 1. The summed E-state index contributed by atoms with van der Waals surface area (Å²) in [6.45, 7) is 4.43. The summed E-state index contributed by atoms with van der Waals surface area (Å²) in [7, 11) is 0. The molecule has 3 rings (SSSR count). The molecule has 0 saturated heterocycles. The maximum atomic E-state index is 12.0. The monoisotopic (exact) mass is 388 g/mol. The van der Waals surface area contributed by atoms with E-state index >= 15 is 0 Å². The lowest BCUT2D eigenvalue weighted by Crippen LogP contribution is -2.19. The Morgan fingerprint density at radius 2 is 2.04 bits per heavy atom. The number of nitrogens with one attached hydrogen (secondary N) is 1. The average Bonchev–Trinajstić information content (AvgIpc) is 3.12. The number of amides is 1. The zero-order chi connectivity index (χ0) is 19.2. The lowest BCUT2D eigenvalue weighted by molar-refractivity contribution is -0.121. The van der Waals surface area contributed by atoms with Crippen molar-refractivity contribution < 1.29 is 19.0 Å². The lowest BCUT2D eigenvalue weighted by atomic mass is 10.1. The number of carbonyl (C=O) groups is 1. The number of fused-ring (bicyclic) bond motifs is 1. The summed E-state index contributed by atoms with van der Waals surface area (Å²) in [5, 5.41) is 4.82. The van der Waals surface area contributed by atoms with Gasteiger partial charge in [-0.2, -0.15) is 5.10 Å². The first kappa shape index (κ1) is 19.0. The molecule has 1 aliphatic rings. The molecule has 1 aliphatic heterocycles. The Hall–Kier alpha value is -2.73. The zero-order valence-corrected chi connectivity index (χ0v) is 16.0. The first-order chi connectivity index (χ1) is 13.0. The van der Waals surface area contributed by atoms with Gasteiger partial charge in [0.25, 0.3) is 0 Å². The second-order valence-electron chi connectivity index (χ2n) is 6.16. The summed E-state index contributed by atoms with van der Waals surface area (Å²) in [6.07, 6.45) is 0.914. The molecule has 1 heterocycles. The Bertz CT molecular complexity index is 867. The standard InChI is InChI=1S/C20H21ClN2O4/c1-13-10-16(21)6-8-17(13)25-9-3-4-20(24)23-22-14(2)15-5-7-18-19(11-15)27-12-26-18/h5-8,10-11H,3-4,9,12H2,1-2H3,(H,23,24). The third-order valence-corrected chi connectivity index (χ3v) is 4.32. The third-order valence-electron chi connectivity index (χ3n) is 4.08. The normalized spacial score (nSPS) is 12.8. The number of hydrazone groups is 1. The minimum absolute atomic E-state index is 0.161. The van der Waals surface area contributed by atoms with E-state index in [1.54, 1.807) is 6.07 Å². The van der Waals surface area contributed by atoms with Gasteiger partial charge < -0.3 is 14.2 Å². The Morgan fingerprint density at radius 1 is 1.22 bits per heavy atom. The number of rotatable bonds is 7. The Balaban J connectivity index is 1.43. The highest BCUT2D eigenvalue weighted by molar-refractivity contribution is 6.30.